The number of rotatable bonds is 3. The first kappa shape index (κ1) is 11.1. The Labute approximate surface area is 110 Å². The van der Waals surface area contributed by atoms with Crippen molar-refractivity contribution < 1.29 is 4.79 Å². The quantitative estimate of drug-likeness (QED) is 0.712. The molecule has 4 aliphatic rings. The second kappa shape index (κ2) is 3.23. The van der Waals surface area contributed by atoms with Gasteiger partial charge in [0, 0.05) is 17.2 Å². The van der Waals surface area contributed by atoms with Crippen LogP contribution in [0.4, 0.5) is 0 Å². The molecule has 2 fully saturated rings. The summed E-state index contributed by atoms with van der Waals surface area (Å²) in [5.74, 6) is 4.47. The molecule has 1 saturated carbocycles. The van der Waals surface area contributed by atoms with Gasteiger partial charge in [-0.2, -0.15) is 0 Å². The zero-order valence-electron chi connectivity index (χ0n) is 11.2. The van der Waals surface area contributed by atoms with Crippen LogP contribution in [0.3, 0.4) is 0 Å². The number of carbonyl (C=O) groups excluding carboxylic acids is 1. The Morgan fingerprint density at radius 1 is 1.50 bits per heavy atom. The molecule has 2 atom stereocenters. The van der Waals surface area contributed by atoms with Gasteiger partial charge in [-0.3, -0.25) is 4.79 Å². The Morgan fingerprint density at radius 2 is 2.22 bits per heavy atom. The fourth-order valence-electron chi connectivity index (χ4n) is 4.08. The number of Topliss-reactive ketones (excluding diaryl/α,β-unsaturated/α-hetero) is 1. The first-order valence-electron chi connectivity index (χ1n) is 7.03. The summed E-state index contributed by atoms with van der Waals surface area (Å²) in [6.07, 6.45) is 8.34. The molecular weight excluding hydrogens is 240 g/mol. The summed E-state index contributed by atoms with van der Waals surface area (Å²) in [6, 6.07) is 0. The Morgan fingerprint density at radius 3 is 2.89 bits per heavy atom. The third kappa shape index (κ3) is 1.28. The standard InChI is InChI=1S/C16H20OS/c1-11-5-6-12-9-16(12)14(11)15(16)13(17)10-18(2)7-3-4-8-18/h5,11H,3-4,7-10H2,1-2H3. The first-order chi connectivity index (χ1) is 8.57. The summed E-state index contributed by atoms with van der Waals surface area (Å²) in [5.41, 5.74) is 7.63. The molecule has 3 aliphatic carbocycles. The van der Waals surface area contributed by atoms with Gasteiger partial charge >= 0.3 is 0 Å². The molecule has 0 aromatic heterocycles. The summed E-state index contributed by atoms with van der Waals surface area (Å²) in [5, 5.41) is 0. The molecule has 2 unspecified atom stereocenters. The third-order valence-electron chi connectivity index (χ3n) is 5.17. The molecule has 0 amide bonds. The van der Waals surface area contributed by atoms with Crippen molar-refractivity contribution in [3.63, 3.8) is 0 Å². The van der Waals surface area contributed by atoms with Crippen LogP contribution in [0.15, 0.2) is 28.5 Å². The van der Waals surface area contributed by atoms with Gasteiger partial charge in [0.25, 0.3) is 0 Å². The lowest BCUT2D eigenvalue weighted by Crippen LogP contribution is -2.14. The number of carbonyl (C=O) groups is 1. The third-order valence-corrected chi connectivity index (χ3v) is 8.68. The van der Waals surface area contributed by atoms with E-state index in [0.717, 1.165) is 12.2 Å². The summed E-state index contributed by atoms with van der Waals surface area (Å²) < 4.78 is 0. The van der Waals surface area contributed by atoms with Crippen molar-refractivity contribution in [2.45, 2.75) is 26.2 Å². The van der Waals surface area contributed by atoms with Crippen LogP contribution in [0.25, 0.3) is 0 Å². The number of allylic oxidation sites excluding steroid dienone is 3. The summed E-state index contributed by atoms with van der Waals surface area (Å²) in [4.78, 5) is 12.6. The molecule has 0 N–H and O–H groups in total. The average Bonchev–Trinajstić information content (AvgIpc) is 3.15. The molecule has 4 rings (SSSR count). The van der Waals surface area contributed by atoms with Crippen molar-refractivity contribution in [1.29, 1.82) is 0 Å². The summed E-state index contributed by atoms with van der Waals surface area (Å²) >= 11 is 0. The van der Waals surface area contributed by atoms with E-state index in [2.05, 4.69) is 25.0 Å². The zero-order chi connectivity index (χ0) is 12.5. The van der Waals surface area contributed by atoms with Crippen molar-refractivity contribution in [3.05, 3.63) is 28.5 Å². The molecule has 18 heavy (non-hydrogen) atoms. The smallest absolute Gasteiger partial charge is 0.168 e. The van der Waals surface area contributed by atoms with Crippen LogP contribution in [0.1, 0.15) is 26.2 Å². The van der Waals surface area contributed by atoms with Gasteiger partial charge in [-0.15, -0.1) is 5.73 Å². The van der Waals surface area contributed by atoms with Crippen molar-refractivity contribution in [2.24, 2.45) is 11.3 Å². The lowest BCUT2D eigenvalue weighted by atomic mass is 10.0. The van der Waals surface area contributed by atoms with E-state index in [9.17, 15) is 4.79 Å². The molecule has 96 valence electrons. The van der Waals surface area contributed by atoms with E-state index >= 15 is 0 Å². The maximum Gasteiger partial charge on any atom is 0.168 e. The van der Waals surface area contributed by atoms with Crippen LogP contribution in [-0.2, 0) is 4.79 Å². The van der Waals surface area contributed by atoms with Crippen LogP contribution in [0.5, 0.6) is 0 Å². The van der Waals surface area contributed by atoms with Crippen molar-refractivity contribution >= 4 is 15.8 Å². The second-order valence-electron chi connectivity index (χ2n) is 6.61. The molecule has 0 aromatic rings. The second-order valence-corrected chi connectivity index (χ2v) is 10.7. The molecule has 0 aromatic carbocycles. The van der Waals surface area contributed by atoms with Crippen molar-refractivity contribution in [2.75, 3.05) is 23.5 Å². The van der Waals surface area contributed by atoms with Crippen LogP contribution in [0, 0.1) is 11.3 Å². The normalized spacial score (nSPS) is 39.9. The predicted octanol–water partition coefficient (Wildman–Crippen LogP) is 3.22. The predicted molar refractivity (Wildman–Crippen MR) is 77.2 cm³/mol. The highest BCUT2D eigenvalue weighted by atomic mass is 32.3. The minimum absolute atomic E-state index is 0.180. The van der Waals surface area contributed by atoms with Crippen LogP contribution < -0.4 is 0 Å². The van der Waals surface area contributed by atoms with Gasteiger partial charge in [0.05, 0.1) is 5.41 Å². The van der Waals surface area contributed by atoms with Gasteiger partial charge in [-0.25, -0.2) is 10.0 Å². The average molecular weight is 260 g/mol. The van der Waals surface area contributed by atoms with Crippen LogP contribution in [-0.4, -0.2) is 29.3 Å². The number of hydrogen-bond acceptors (Lipinski definition) is 1. The van der Waals surface area contributed by atoms with E-state index in [1.165, 1.54) is 41.1 Å². The first-order valence-corrected chi connectivity index (χ1v) is 9.58. The molecule has 1 aliphatic heterocycles. The van der Waals surface area contributed by atoms with Gasteiger partial charge < -0.3 is 0 Å². The fourth-order valence-corrected chi connectivity index (χ4v) is 7.16. The lowest BCUT2D eigenvalue weighted by Gasteiger charge is -2.29. The molecule has 1 spiro atoms. The Hall–Kier alpha value is -0.720. The van der Waals surface area contributed by atoms with E-state index in [-0.39, 0.29) is 5.41 Å². The lowest BCUT2D eigenvalue weighted by molar-refractivity contribution is -0.113. The van der Waals surface area contributed by atoms with Gasteiger partial charge in [-0.1, -0.05) is 6.92 Å². The molecule has 1 heterocycles. The van der Waals surface area contributed by atoms with E-state index in [1.807, 2.05) is 0 Å². The van der Waals surface area contributed by atoms with E-state index in [1.54, 1.807) is 0 Å². The van der Waals surface area contributed by atoms with Gasteiger partial charge in [0.15, 0.2) is 5.78 Å². The molecule has 0 radical (unpaired) electrons. The molecule has 0 bridgehead atoms. The fraction of sp³-hybridized carbons (Fsp3) is 0.625. The number of ketones is 1. The van der Waals surface area contributed by atoms with Crippen LogP contribution >= 0.6 is 10.0 Å². The summed E-state index contributed by atoms with van der Waals surface area (Å²) in [7, 11) is -0.600. The minimum atomic E-state index is -0.600. The van der Waals surface area contributed by atoms with E-state index in [4.69, 9.17) is 0 Å². The van der Waals surface area contributed by atoms with Crippen molar-refractivity contribution in [1.82, 2.24) is 0 Å². The highest BCUT2D eigenvalue weighted by Crippen LogP contribution is 2.77. The summed E-state index contributed by atoms with van der Waals surface area (Å²) in [6.45, 7) is 2.21. The van der Waals surface area contributed by atoms with Gasteiger partial charge in [0.1, 0.15) is 0 Å². The SMILES string of the molecule is CC1C=C=C2CC23C(C(=O)CS2(C)CCCC2)=C13. The molecular formula is C16H20OS. The molecule has 1 saturated heterocycles. The topological polar surface area (TPSA) is 17.1 Å². The maximum absolute atomic E-state index is 12.6. The number of hydrogen-bond donors (Lipinski definition) is 0. The highest BCUT2D eigenvalue weighted by Gasteiger charge is 2.70. The van der Waals surface area contributed by atoms with Gasteiger partial charge in [0.2, 0.25) is 0 Å². The Kier molecular flexibility index (Phi) is 2.00. The van der Waals surface area contributed by atoms with E-state index < -0.39 is 10.0 Å². The monoisotopic (exact) mass is 260 g/mol. The zero-order valence-corrected chi connectivity index (χ0v) is 12.0. The van der Waals surface area contributed by atoms with Gasteiger partial charge in [-0.05, 0) is 54.2 Å². The molecule has 2 heteroatoms. The highest BCUT2D eigenvalue weighted by molar-refractivity contribution is 8.33. The molecule has 1 nitrogen and oxygen atoms in total. The maximum atomic E-state index is 12.6. The Bertz CT molecular complexity index is 556. The minimum Gasteiger partial charge on any atom is -0.294 e. The Balaban J connectivity index is 1.57. The van der Waals surface area contributed by atoms with Crippen LogP contribution in [0.2, 0.25) is 0 Å². The van der Waals surface area contributed by atoms with Crippen molar-refractivity contribution in [3.8, 4) is 0 Å². The largest absolute Gasteiger partial charge is 0.294 e. The van der Waals surface area contributed by atoms with E-state index in [0.29, 0.717) is 11.7 Å².